The molecule has 306 valence electrons. The van der Waals surface area contributed by atoms with Crippen LogP contribution in [0.3, 0.4) is 0 Å². The predicted molar refractivity (Wildman–Crippen MR) is 272 cm³/mol. The quantitative estimate of drug-likeness (QED) is 0.167. The largest absolute Gasteiger partial charge is 0.310 e. The van der Waals surface area contributed by atoms with Gasteiger partial charge < -0.3 is 4.90 Å². The highest BCUT2D eigenvalue weighted by atomic mass is 32.1. The minimum absolute atomic E-state index is 0.0764. The molecular formula is C62H47NS. The second-order valence-corrected chi connectivity index (χ2v) is 20.6. The maximum absolute atomic E-state index is 2.62. The number of nitrogens with zero attached hydrogens (tertiary/aromatic N) is 1. The molecule has 1 spiro atoms. The van der Waals surface area contributed by atoms with Crippen LogP contribution in [0.2, 0.25) is 0 Å². The van der Waals surface area contributed by atoms with Crippen LogP contribution in [0.15, 0.2) is 188 Å². The molecule has 1 nitrogen and oxygen atoms in total. The van der Waals surface area contributed by atoms with Gasteiger partial charge in [0.15, 0.2) is 0 Å². The maximum atomic E-state index is 2.62. The molecule has 3 unspecified atom stereocenters. The smallest absolute Gasteiger partial charge is 0.0540 e. The molecule has 2 bridgehead atoms. The Kier molecular flexibility index (Phi) is 7.68. The molecule has 0 N–H and O–H groups in total. The van der Waals surface area contributed by atoms with Crippen LogP contribution in [0.5, 0.6) is 0 Å². The lowest BCUT2D eigenvalue weighted by Crippen LogP contribution is -2.32. The minimum atomic E-state index is -0.123. The Hall–Kier alpha value is -6.74. The Morgan fingerprint density at radius 1 is 0.500 bits per heavy atom. The first kappa shape index (κ1) is 36.7. The van der Waals surface area contributed by atoms with Crippen molar-refractivity contribution in [2.24, 2.45) is 11.8 Å². The molecule has 2 fully saturated rings. The van der Waals surface area contributed by atoms with Crippen LogP contribution < -0.4 is 4.90 Å². The monoisotopic (exact) mass is 837 g/mol. The fraction of sp³-hybridized carbons (Fsp3) is 0.161. The van der Waals surface area contributed by atoms with Gasteiger partial charge in [-0.05, 0) is 139 Å². The van der Waals surface area contributed by atoms with E-state index in [1.54, 1.807) is 5.56 Å². The van der Waals surface area contributed by atoms with Crippen LogP contribution in [0.4, 0.5) is 17.1 Å². The van der Waals surface area contributed by atoms with E-state index in [1.807, 2.05) is 11.3 Å². The zero-order valence-corrected chi connectivity index (χ0v) is 37.1. The van der Waals surface area contributed by atoms with Crippen molar-refractivity contribution < 1.29 is 0 Å². The SMILES string of the molecule is CC1(C)c2ccccc2-c2cccc(-c3cccc(N(c4ccc5c(c4)C4(CC6CCC4C6)c4ccccc4-5)c4ccccc4-c4cccc5sc6c7ccccc7ccc6c45)c3)c21. The van der Waals surface area contributed by atoms with E-state index in [0.29, 0.717) is 5.92 Å². The van der Waals surface area contributed by atoms with Crippen LogP contribution in [-0.4, -0.2) is 0 Å². The molecule has 64 heavy (non-hydrogen) atoms. The Bertz CT molecular complexity index is 3590. The van der Waals surface area contributed by atoms with E-state index < -0.39 is 0 Å². The van der Waals surface area contributed by atoms with Gasteiger partial charge in [-0.15, -0.1) is 11.3 Å². The number of hydrogen-bond donors (Lipinski definition) is 0. The van der Waals surface area contributed by atoms with E-state index in [4.69, 9.17) is 0 Å². The van der Waals surface area contributed by atoms with Crippen molar-refractivity contribution in [2.45, 2.75) is 50.4 Å². The van der Waals surface area contributed by atoms with Crippen molar-refractivity contribution in [3.63, 3.8) is 0 Å². The summed E-state index contributed by atoms with van der Waals surface area (Å²) in [5.74, 6) is 1.50. The molecule has 14 rings (SSSR count). The third-order valence-electron chi connectivity index (χ3n) is 16.1. The average Bonchev–Trinajstić information content (AvgIpc) is 4.16. The Morgan fingerprint density at radius 3 is 2.05 bits per heavy atom. The number of rotatable bonds is 5. The molecule has 10 aromatic rings. The van der Waals surface area contributed by atoms with E-state index in [9.17, 15) is 0 Å². The molecule has 4 aliphatic carbocycles. The summed E-state index contributed by atoms with van der Waals surface area (Å²) in [6, 6.07) is 71.8. The highest BCUT2D eigenvalue weighted by Crippen LogP contribution is 2.66. The van der Waals surface area contributed by atoms with Crippen molar-refractivity contribution in [3.8, 4) is 44.5 Å². The Balaban J connectivity index is 1.01. The van der Waals surface area contributed by atoms with Gasteiger partial charge in [-0.2, -0.15) is 0 Å². The highest BCUT2D eigenvalue weighted by molar-refractivity contribution is 7.26. The summed E-state index contributed by atoms with van der Waals surface area (Å²) in [7, 11) is 0. The highest BCUT2D eigenvalue weighted by Gasteiger charge is 2.56. The molecule has 1 aromatic heterocycles. The van der Waals surface area contributed by atoms with Gasteiger partial charge in [-0.3, -0.25) is 0 Å². The fourth-order valence-corrected chi connectivity index (χ4v) is 14.8. The summed E-state index contributed by atoms with van der Waals surface area (Å²) in [6.45, 7) is 4.80. The van der Waals surface area contributed by atoms with E-state index in [1.165, 1.54) is 135 Å². The van der Waals surface area contributed by atoms with Gasteiger partial charge >= 0.3 is 0 Å². The molecule has 9 aromatic carbocycles. The number of para-hydroxylation sites is 1. The van der Waals surface area contributed by atoms with Crippen molar-refractivity contribution in [1.29, 1.82) is 0 Å². The molecule has 3 atom stereocenters. The standard InChI is InChI=1S/C62H47NS/c1-61(2)53-24-8-5-19-47(53)51-23-12-21-44(59(51)61)40-15-11-16-42(35-40)63(43-31-33-48-46-18-6-9-25-54(46)62(55(48)36-43)37-38-28-30-41(62)34-38)56-26-10-7-20-49(56)50-22-13-27-57-58(50)52-32-29-39-14-3-4-17-45(39)60(52)64-57/h3-27,29,31-33,35-36,38,41H,28,30,34,37H2,1-2H3. The summed E-state index contributed by atoms with van der Waals surface area (Å²) >= 11 is 1.92. The Morgan fingerprint density at radius 2 is 1.19 bits per heavy atom. The van der Waals surface area contributed by atoms with E-state index in [2.05, 4.69) is 207 Å². The van der Waals surface area contributed by atoms with Gasteiger partial charge in [0.2, 0.25) is 0 Å². The molecule has 0 saturated heterocycles. The topological polar surface area (TPSA) is 3.24 Å². The number of thiophene rings is 1. The van der Waals surface area contributed by atoms with Crippen LogP contribution >= 0.6 is 11.3 Å². The zero-order valence-electron chi connectivity index (χ0n) is 36.2. The zero-order chi connectivity index (χ0) is 42.3. The summed E-state index contributed by atoms with van der Waals surface area (Å²) in [5, 5.41) is 5.28. The van der Waals surface area contributed by atoms with Crippen LogP contribution in [-0.2, 0) is 10.8 Å². The summed E-state index contributed by atoms with van der Waals surface area (Å²) in [6.07, 6.45) is 5.31. The number of hydrogen-bond acceptors (Lipinski definition) is 2. The summed E-state index contributed by atoms with van der Waals surface area (Å²) < 4.78 is 2.68. The first-order valence-electron chi connectivity index (χ1n) is 23.3. The van der Waals surface area contributed by atoms with Crippen LogP contribution in [0.25, 0.3) is 75.5 Å². The third kappa shape index (κ3) is 4.95. The molecule has 1 heterocycles. The summed E-state index contributed by atoms with van der Waals surface area (Å²) in [4.78, 5) is 2.59. The second-order valence-electron chi connectivity index (χ2n) is 19.6. The molecule has 0 aliphatic heterocycles. The maximum Gasteiger partial charge on any atom is 0.0540 e. The van der Waals surface area contributed by atoms with Gasteiger partial charge in [-0.25, -0.2) is 0 Å². The number of fused-ring (bicyclic) bond motifs is 16. The lowest BCUT2D eigenvalue weighted by Gasteiger charge is -2.37. The van der Waals surface area contributed by atoms with Crippen molar-refractivity contribution in [1.82, 2.24) is 0 Å². The third-order valence-corrected chi connectivity index (χ3v) is 17.3. The lowest BCUT2D eigenvalue weighted by molar-refractivity contribution is 0.327. The number of benzene rings is 9. The molecule has 4 aliphatic rings. The van der Waals surface area contributed by atoms with E-state index >= 15 is 0 Å². The van der Waals surface area contributed by atoms with E-state index in [0.717, 1.165) is 5.92 Å². The van der Waals surface area contributed by atoms with Gasteiger partial charge in [0.05, 0.1) is 5.69 Å². The first-order valence-corrected chi connectivity index (χ1v) is 24.1. The molecule has 0 radical (unpaired) electrons. The van der Waals surface area contributed by atoms with Crippen molar-refractivity contribution in [2.75, 3.05) is 4.90 Å². The van der Waals surface area contributed by atoms with Crippen LogP contribution in [0.1, 0.15) is 61.8 Å². The van der Waals surface area contributed by atoms with E-state index in [-0.39, 0.29) is 10.8 Å². The van der Waals surface area contributed by atoms with Gasteiger partial charge in [0.1, 0.15) is 0 Å². The normalized spacial score (nSPS) is 19.7. The first-order chi connectivity index (χ1) is 31.5. The summed E-state index contributed by atoms with van der Waals surface area (Å²) in [5.41, 5.74) is 20.1. The Labute approximate surface area is 379 Å². The fourth-order valence-electron chi connectivity index (χ4n) is 13.5. The molecule has 0 amide bonds. The van der Waals surface area contributed by atoms with Crippen molar-refractivity contribution >= 4 is 59.3 Å². The average molecular weight is 838 g/mol. The number of anilines is 3. The predicted octanol–water partition coefficient (Wildman–Crippen LogP) is 17.4. The molecule has 2 saturated carbocycles. The molecular weight excluding hydrogens is 791 g/mol. The van der Waals surface area contributed by atoms with Crippen LogP contribution in [0, 0.1) is 11.8 Å². The van der Waals surface area contributed by atoms with Crippen molar-refractivity contribution in [3.05, 3.63) is 210 Å². The minimum Gasteiger partial charge on any atom is -0.310 e. The van der Waals surface area contributed by atoms with Gasteiger partial charge in [0.25, 0.3) is 0 Å². The lowest BCUT2D eigenvalue weighted by atomic mass is 9.67. The second kappa shape index (κ2) is 13.4. The van der Waals surface area contributed by atoms with Gasteiger partial charge in [-0.1, -0.05) is 172 Å². The molecule has 2 heteroatoms. The van der Waals surface area contributed by atoms with Gasteiger partial charge in [0, 0.05) is 47.9 Å².